The summed E-state index contributed by atoms with van der Waals surface area (Å²) in [4.78, 5) is 7.86. The van der Waals surface area contributed by atoms with Gasteiger partial charge in [-0.2, -0.15) is 0 Å². The summed E-state index contributed by atoms with van der Waals surface area (Å²) in [5, 5.41) is 0. The van der Waals surface area contributed by atoms with E-state index in [9.17, 15) is 0 Å². The fraction of sp³-hybridized carbons (Fsp3) is 0.214. The fourth-order valence-corrected chi connectivity index (χ4v) is 2.51. The van der Waals surface area contributed by atoms with Crippen LogP contribution in [0.15, 0.2) is 35.3 Å². The van der Waals surface area contributed by atoms with E-state index in [1.165, 1.54) is 5.56 Å². The largest absolute Gasteiger partial charge is 0.344 e. The lowest BCUT2D eigenvalue weighted by Crippen LogP contribution is -2.21. The molecule has 1 aromatic carbocycles. The van der Waals surface area contributed by atoms with Crippen molar-refractivity contribution in [3.05, 3.63) is 52.7 Å². The first kappa shape index (κ1) is 11.4. The van der Waals surface area contributed by atoms with E-state index >= 15 is 0 Å². The van der Waals surface area contributed by atoms with E-state index in [1.54, 1.807) is 4.42 Å². The van der Waals surface area contributed by atoms with Crippen LogP contribution in [0.2, 0.25) is 0 Å². The maximum absolute atomic E-state index is 6.42. The van der Waals surface area contributed by atoms with Gasteiger partial charge >= 0.3 is 0 Å². The third-order valence-electron chi connectivity index (χ3n) is 3.40. The van der Waals surface area contributed by atoms with Crippen LogP contribution in [0.3, 0.4) is 0 Å². The molecule has 0 amide bonds. The average molecular weight is 260 g/mol. The van der Waals surface area contributed by atoms with Crippen molar-refractivity contribution in [1.29, 1.82) is 0 Å². The number of hydrogen-bond acceptors (Lipinski definition) is 2. The van der Waals surface area contributed by atoms with Crippen LogP contribution < -0.4 is 4.42 Å². The Morgan fingerprint density at radius 2 is 1.94 bits per heavy atom. The van der Waals surface area contributed by atoms with Gasteiger partial charge in [-0.05, 0) is 25.0 Å². The smallest absolute Gasteiger partial charge is 0.163 e. The van der Waals surface area contributed by atoms with Gasteiger partial charge in [-0.1, -0.05) is 30.3 Å². The molecule has 2 heterocycles. The third kappa shape index (κ3) is 1.63. The average Bonchev–Trinajstić information content (AvgIpc) is 2.69. The van der Waals surface area contributed by atoms with E-state index < -0.39 is 0 Å². The lowest BCUT2D eigenvalue weighted by Gasteiger charge is -2.26. The van der Waals surface area contributed by atoms with Gasteiger partial charge in [-0.25, -0.2) is 4.42 Å². The van der Waals surface area contributed by atoms with Crippen LogP contribution in [0.5, 0.6) is 0 Å². The number of benzene rings is 1. The maximum atomic E-state index is 6.42. The van der Waals surface area contributed by atoms with E-state index in [4.69, 9.17) is 11.8 Å². The van der Waals surface area contributed by atoms with Crippen LogP contribution >= 0.6 is 11.8 Å². The number of aryl methyl sites for hydroxylation is 1. The summed E-state index contributed by atoms with van der Waals surface area (Å²) in [7, 11) is 0. The van der Waals surface area contributed by atoms with Crippen molar-refractivity contribution in [3.8, 4) is 0 Å². The normalized spacial score (nSPS) is 17.9. The molecule has 1 atom stereocenters. The number of anilines is 1. The fourth-order valence-electron chi connectivity index (χ4n) is 2.21. The Hall–Kier alpha value is -1.74. The molecule has 0 fully saturated rings. The van der Waals surface area contributed by atoms with Gasteiger partial charge in [0.05, 0.1) is 0 Å². The van der Waals surface area contributed by atoms with Crippen molar-refractivity contribution in [2.45, 2.75) is 20.0 Å². The topological polar surface area (TPSA) is 31.4 Å². The number of fused-ring (bicyclic) bond motifs is 1. The summed E-state index contributed by atoms with van der Waals surface area (Å²) >= 11 is 6.42. The van der Waals surface area contributed by atoms with Crippen molar-refractivity contribution in [1.82, 2.24) is 4.98 Å². The summed E-state index contributed by atoms with van der Waals surface area (Å²) in [6, 6.07) is 10.0. The minimum Gasteiger partial charge on any atom is -0.344 e. The molecule has 3 rings (SSSR count). The minimum absolute atomic E-state index is 0.169. The standard InChI is InChI=1S/C14H14ClN3/c1-9-10(2)17-14-12(9)8-16-13(18(14)15)11-6-4-3-5-7-11/h3-8,13,17H,1-2H3. The molecule has 1 aliphatic heterocycles. The highest BCUT2D eigenvalue weighted by Gasteiger charge is 2.26. The minimum atomic E-state index is -0.169. The Morgan fingerprint density at radius 1 is 1.22 bits per heavy atom. The predicted molar refractivity (Wildman–Crippen MR) is 75.4 cm³/mol. The molecule has 0 saturated carbocycles. The van der Waals surface area contributed by atoms with Crippen LogP contribution in [0.4, 0.5) is 5.82 Å². The van der Waals surface area contributed by atoms with E-state index in [0.29, 0.717) is 0 Å². The molecule has 2 aromatic rings. The molecule has 1 aromatic heterocycles. The summed E-state index contributed by atoms with van der Waals surface area (Å²) in [5.41, 5.74) is 4.49. The number of halogens is 1. The first-order chi connectivity index (χ1) is 8.68. The molecule has 1 unspecified atom stereocenters. The van der Waals surface area contributed by atoms with Gasteiger partial charge in [0.15, 0.2) is 6.17 Å². The molecule has 92 valence electrons. The van der Waals surface area contributed by atoms with Gasteiger partial charge in [0.2, 0.25) is 0 Å². The Labute approximate surface area is 111 Å². The second-order valence-electron chi connectivity index (χ2n) is 4.51. The Bertz CT molecular complexity index is 601. The Balaban J connectivity index is 2.05. The Kier molecular flexibility index (Phi) is 2.63. The van der Waals surface area contributed by atoms with Crippen molar-refractivity contribution in [2.24, 2.45) is 4.99 Å². The number of aliphatic imine (C=N–C) groups is 1. The van der Waals surface area contributed by atoms with Gasteiger partial charge in [0.25, 0.3) is 0 Å². The molecule has 0 bridgehead atoms. The van der Waals surface area contributed by atoms with Crippen LogP contribution in [0.25, 0.3) is 0 Å². The van der Waals surface area contributed by atoms with Gasteiger partial charge < -0.3 is 4.98 Å². The van der Waals surface area contributed by atoms with Crippen molar-refractivity contribution < 1.29 is 0 Å². The monoisotopic (exact) mass is 259 g/mol. The van der Waals surface area contributed by atoms with Gasteiger partial charge in [-0.3, -0.25) is 4.99 Å². The number of hydrogen-bond donors (Lipinski definition) is 1. The highest BCUT2D eigenvalue weighted by Crippen LogP contribution is 2.36. The summed E-state index contributed by atoms with van der Waals surface area (Å²) in [6.07, 6.45) is 1.74. The third-order valence-corrected chi connectivity index (χ3v) is 3.75. The van der Waals surface area contributed by atoms with Crippen molar-refractivity contribution in [3.63, 3.8) is 0 Å². The molecule has 0 aliphatic carbocycles. The predicted octanol–water partition coefficient (Wildman–Crippen LogP) is 3.72. The van der Waals surface area contributed by atoms with Gasteiger partial charge in [0, 0.05) is 29.2 Å². The second kappa shape index (κ2) is 4.18. The number of aromatic nitrogens is 1. The summed E-state index contributed by atoms with van der Waals surface area (Å²) < 4.78 is 1.67. The van der Waals surface area contributed by atoms with E-state index in [0.717, 1.165) is 22.6 Å². The van der Waals surface area contributed by atoms with Crippen LogP contribution in [-0.2, 0) is 0 Å². The first-order valence-electron chi connectivity index (χ1n) is 5.91. The molecule has 3 nitrogen and oxygen atoms in total. The number of rotatable bonds is 1. The lowest BCUT2D eigenvalue weighted by molar-refractivity contribution is 0.761. The van der Waals surface area contributed by atoms with Crippen molar-refractivity contribution in [2.75, 3.05) is 4.42 Å². The summed E-state index contributed by atoms with van der Waals surface area (Å²) in [6.45, 7) is 4.12. The van der Waals surface area contributed by atoms with Gasteiger partial charge in [0.1, 0.15) is 5.82 Å². The quantitative estimate of drug-likeness (QED) is 0.778. The molecule has 0 radical (unpaired) electrons. The molecular formula is C14H14ClN3. The van der Waals surface area contributed by atoms with Crippen LogP contribution in [0, 0.1) is 13.8 Å². The number of H-pyrrole nitrogens is 1. The molecule has 1 aliphatic rings. The highest BCUT2D eigenvalue weighted by molar-refractivity contribution is 6.27. The Morgan fingerprint density at radius 3 is 2.67 bits per heavy atom. The zero-order valence-corrected chi connectivity index (χ0v) is 11.1. The van der Waals surface area contributed by atoms with Gasteiger partial charge in [-0.15, -0.1) is 0 Å². The van der Waals surface area contributed by atoms with E-state index in [2.05, 4.69) is 16.9 Å². The second-order valence-corrected chi connectivity index (χ2v) is 4.88. The number of aromatic amines is 1. The van der Waals surface area contributed by atoms with Crippen LogP contribution in [0.1, 0.15) is 28.6 Å². The van der Waals surface area contributed by atoms with E-state index in [-0.39, 0.29) is 6.17 Å². The molecule has 18 heavy (non-hydrogen) atoms. The SMILES string of the molecule is Cc1[nH]c2c(c1C)C=NC(c1ccccc1)N2Cl. The number of nitrogens with zero attached hydrogens (tertiary/aromatic N) is 2. The van der Waals surface area contributed by atoms with Crippen molar-refractivity contribution >= 4 is 23.8 Å². The molecule has 4 heteroatoms. The number of nitrogens with one attached hydrogen (secondary N) is 1. The molecule has 0 saturated heterocycles. The molecule has 1 N–H and O–H groups in total. The zero-order chi connectivity index (χ0) is 12.7. The van der Waals surface area contributed by atoms with Crippen LogP contribution in [-0.4, -0.2) is 11.2 Å². The molecule has 0 spiro atoms. The molecular weight excluding hydrogens is 246 g/mol. The summed E-state index contributed by atoms with van der Waals surface area (Å²) in [5.74, 6) is 0.926. The maximum Gasteiger partial charge on any atom is 0.163 e. The lowest BCUT2D eigenvalue weighted by atomic mass is 10.1. The van der Waals surface area contributed by atoms with E-state index in [1.807, 2.05) is 43.5 Å². The highest BCUT2D eigenvalue weighted by atomic mass is 35.5. The zero-order valence-electron chi connectivity index (χ0n) is 10.3. The first-order valence-corrected chi connectivity index (χ1v) is 6.24.